The molecular formula is C37H41FN6O4. The monoisotopic (exact) mass is 652 g/mol. The molecule has 10 nitrogen and oxygen atoms in total. The van der Waals surface area contributed by atoms with E-state index in [1.54, 1.807) is 29.4 Å². The molecule has 3 heterocycles. The van der Waals surface area contributed by atoms with Gasteiger partial charge in [-0.25, -0.2) is 24.1 Å². The molecule has 11 heteroatoms. The number of likely N-dealkylation sites (tertiary alicyclic amines) is 1. The third-order valence-corrected chi connectivity index (χ3v) is 9.71. The highest BCUT2D eigenvalue weighted by molar-refractivity contribution is 6.06. The summed E-state index contributed by atoms with van der Waals surface area (Å²) in [5.74, 6) is 0.617. The van der Waals surface area contributed by atoms with Crippen molar-refractivity contribution in [1.29, 1.82) is 0 Å². The van der Waals surface area contributed by atoms with Crippen molar-refractivity contribution >= 4 is 34.4 Å². The highest BCUT2D eigenvalue weighted by Crippen LogP contribution is 2.65. The van der Waals surface area contributed by atoms with E-state index in [0.717, 1.165) is 44.1 Å². The minimum atomic E-state index is -0.563. The molecule has 2 amide bonds. The first-order valence-electron chi connectivity index (χ1n) is 16.7. The largest absolute Gasteiger partial charge is 0.444 e. The van der Waals surface area contributed by atoms with Crippen LogP contribution in [-0.2, 0) is 9.53 Å². The fourth-order valence-electron chi connectivity index (χ4n) is 6.95. The van der Waals surface area contributed by atoms with E-state index in [4.69, 9.17) is 14.5 Å². The Kier molecular flexibility index (Phi) is 8.17. The summed E-state index contributed by atoms with van der Waals surface area (Å²) in [6.07, 6.45) is 8.86. The van der Waals surface area contributed by atoms with Crippen LogP contribution in [0.3, 0.4) is 0 Å². The number of ether oxygens (including phenoxy) is 2. The summed E-state index contributed by atoms with van der Waals surface area (Å²) < 4.78 is 27.3. The van der Waals surface area contributed by atoms with Gasteiger partial charge in [0, 0.05) is 48.2 Å². The first kappa shape index (κ1) is 31.8. The number of rotatable bonds is 7. The summed E-state index contributed by atoms with van der Waals surface area (Å²) in [5.41, 5.74) is 1.82. The fraction of sp³-hybridized carbons (Fsp3) is 0.432. The highest BCUT2D eigenvalue weighted by Gasteiger charge is 2.61. The SMILES string of the molecule is Cc1ccc2c(NC(=O)[C@@H]3CC34CCC4)c(F)ccc2c1Oc1ncccc1-c1ccnc(N[C@H]2CCCN(C(=O)OC(C)(C)C)C2)n1. The average molecular weight is 653 g/mol. The summed E-state index contributed by atoms with van der Waals surface area (Å²) in [7, 11) is 0. The minimum Gasteiger partial charge on any atom is -0.444 e. The van der Waals surface area contributed by atoms with Crippen LogP contribution < -0.4 is 15.4 Å². The number of anilines is 2. The standard InChI is InChI=1S/C37H41FN6O4/c1-22-10-11-24-25(12-13-28(38)30(24)43-32(45)27-20-37(27)15-7-16-37)31(22)47-33-26(9-5-17-39-33)29-14-18-40-34(42-29)41-23-8-6-19-44(21-23)35(46)48-36(2,3)4/h5,9-14,17-18,23,27H,6-8,15-16,19-21H2,1-4H3,(H,43,45)(H,40,41,42)/t23-,27-/m0/s1. The summed E-state index contributed by atoms with van der Waals surface area (Å²) in [6.45, 7) is 8.61. The normalized spacial score (nSPS) is 19.8. The second-order valence-corrected chi connectivity index (χ2v) is 14.3. The number of carbonyl (C=O) groups excluding carboxylic acids is 2. The summed E-state index contributed by atoms with van der Waals surface area (Å²) in [6, 6.07) is 12.1. The van der Waals surface area contributed by atoms with Gasteiger partial charge in [-0.15, -0.1) is 0 Å². The number of carbonyl (C=O) groups is 2. The van der Waals surface area contributed by atoms with Crippen molar-refractivity contribution in [3.8, 4) is 22.9 Å². The average Bonchev–Trinajstić information content (AvgIpc) is 3.81. The number of benzene rings is 2. The molecule has 3 fully saturated rings. The number of nitrogens with zero attached hydrogens (tertiary/aromatic N) is 4. The number of halogens is 1. The van der Waals surface area contributed by atoms with E-state index in [9.17, 15) is 9.59 Å². The molecule has 1 saturated heterocycles. The predicted octanol–water partition coefficient (Wildman–Crippen LogP) is 7.87. The molecule has 3 aliphatic rings. The van der Waals surface area contributed by atoms with E-state index >= 15 is 4.39 Å². The second kappa shape index (κ2) is 12.3. The van der Waals surface area contributed by atoms with Crippen molar-refractivity contribution in [1.82, 2.24) is 19.9 Å². The van der Waals surface area contributed by atoms with E-state index in [1.165, 1.54) is 6.07 Å². The van der Waals surface area contributed by atoms with Gasteiger partial charge in [0.25, 0.3) is 0 Å². The number of nitrogens with one attached hydrogen (secondary N) is 2. The van der Waals surface area contributed by atoms with Crippen LogP contribution in [-0.4, -0.2) is 56.6 Å². The van der Waals surface area contributed by atoms with Crippen LogP contribution in [0, 0.1) is 24.1 Å². The molecule has 1 aliphatic heterocycles. The van der Waals surface area contributed by atoms with Gasteiger partial charge in [-0.05, 0) is 101 Å². The molecule has 1 spiro atoms. The van der Waals surface area contributed by atoms with Crippen molar-refractivity contribution in [3.63, 3.8) is 0 Å². The zero-order valence-electron chi connectivity index (χ0n) is 27.8. The Morgan fingerprint density at radius 1 is 1.02 bits per heavy atom. The lowest BCUT2D eigenvalue weighted by Crippen LogP contribution is -2.47. The van der Waals surface area contributed by atoms with Crippen LogP contribution in [0.25, 0.3) is 22.0 Å². The van der Waals surface area contributed by atoms with E-state index < -0.39 is 11.4 Å². The third kappa shape index (κ3) is 6.37. The Bertz CT molecular complexity index is 1890. The Hall–Kier alpha value is -4.80. The Labute approximate surface area is 279 Å². The summed E-state index contributed by atoms with van der Waals surface area (Å²) in [5, 5.41) is 7.52. The van der Waals surface area contributed by atoms with Gasteiger partial charge in [0.05, 0.1) is 16.9 Å². The minimum absolute atomic E-state index is 0.0429. The van der Waals surface area contributed by atoms with Crippen molar-refractivity contribution in [2.45, 2.75) is 77.9 Å². The number of aryl methyl sites for hydroxylation is 1. The molecule has 2 atom stereocenters. The van der Waals surface area contributed by atoms with Crippen LogP contribution in [0.2, 0.25) is 0 Å². The molecule has 2 N–H and O–H groups in total. The fourth-order valence-corrected chi connectivity index (χ4v) is 6.95. The zero-order chi connectivity index (χ0) is 33.6. The van der Waals surface area contributed by atoms with Gasteiger partial charge in [-0.2, -0.15) is 0 Å². The van der Waals surface area contributed by atoms with Crippen LogP contribution >= 0.6 is 0 Å². The second-order valence-electron chi connectivity index (χ2n) is 14.3. The molecule has 0 bridgehead atoms. The maximum atomic E-state index is 15.2. The summed E-state index contributed by atoms with van der Waals surface area (Å²) in [4.78, 5) is 41.3. The van der Waals surface area contributed by atoms with Gasteiger partial charge in [0.15, 0.2) is 0 Å². The molecule has 7 rings (SSSR count). The zero-order valence-corrected chi connectivity index (χ0v) is 27.8. The van der Waals surface area contributed by atoms with Crippen LogP contribution in [0.4, 0.5) is 20.8 Å². The number of fused-ring (bicyclic) bond motifs is 1. The maximum absolute atomic E-state index is 15.2. The van der Waals surface area contributed by atoms with Gasteiger partial charge >= 0.3 is 6.09 Å². The molecule has 2 aliphatic carbocycles. The number of aromatic nitrogens is 3. The number of pyridine rings is 1. The molecule has 2 aromatic heterocycles. The number of hydrogen-bond donors (Lipinski definition) is 2. The molecule has 48 heavy (non-hydrogen) atoms. The number of piperidine rings is 1. The number of amides is 2. The van der Waals surface area contributed by atoms with Gasteiger partial charge in [0.2, 0.25) is 17.7 Å². The lowest BCUT2D eigenvalue weighted by atomic mass is 9.79. The first-order valence-corrected chi connectivity index (χ1v) is 16.7. The lowest BCUT2D eigenvalue weighted by molar-refractivity contribution is -0.118. The van der Waals surface area contributed by atoms with E-state index in [-0.39, 0.29) is 35.1 Å². The third-order valence-electron chi connectivity index (χ3n) is 9.71. The molecule has 2 aromatic carbocycles. The molecule has 250 valence electrons. The van der Waals surface area contributed by atoms with Gasteiger partial charge in [-0.1, -0.05) is 18.6 Å². The van der Waals surface area contributed by atoms with Crippen LogP contribution in [0.5, 0.6) is 11.6 Å². The molecule has 0 radical (unpaired) electrons. The number of hydrogen-bond acceptors (Lipinski definition) is 8. The smallest absolute Gasteiger partial charge is 0.410 e. The Morgan fingerprint density at radius 2 is 1.83 bits per heavy atom. The van der Waals surface area contributed by atoms with E-state index in [1.807, 2.05) is 52.0 Å². The van der Waals surface area contributed by atoms with Gasteiger partial charge < -0.3 is 25.0 Å². The topological polar surface area (TPSA) is 119 Å². The van der Waals surface area contributed by atoms with E-state index in [0.29, 0.717) is 52.7 Å². The van der Waals surface area contributed by atoms with Crippen LogP contribution in [0.15, 0.2) is 54.9 Å². The van der Waals surface area contributed by atoms with Crippen molar-refractivity contribution in [3.05, 3.63) is 66.2 Å². The van der Waals surface area contributed by atoms with Gasteiger partial charge in [-0.3, -0.25) is 4.79 Å². The molecular weight excluding hydrogens is 611 g/mol. The van der Waals surface area contributed by atoms with Gasteiger partial charge in [0.1, 0.15) is 17.2 Å². The summed E-state index contributed by atoms with van der Waals surface area (Å²) >= 11 is 0. The van der Waals surface area contributed by atoms with E-state index in [2.05, 4.69) is 20.6 Å². The Balaban J connectivity index is 1.12. The quantitative estimate of drug-likeness (QED) is 0.207. The lowest BCUT2D eigenvalue weighted by Gasteiger charge is -2.34. The molecule has 0 unspecified atom stereocenters. The van der Waals surface area contributed by atoms with Crippen molar-refractivity contribution < 1.29 is 23.5 Å². The van der Waals surface area contributed by atoms with Crippen molar-refractivity contribution in [2.24, 2.45) is 11.3 Å². The highest BCUT2D eigenvalue weighted by atomic mass is 19.1. The maximum Gasteiger partial charge on any atom is 0.410 e. The first-order chi connectivity index (χ1) is 23.0. The molecule has 2 saturated carbocycles. The Morgan fingerprint density at radius 3 is 2.58 bits per heavy atom. The predicted molar refractivity (Wildman–Crippen MR) is 181 cm³/mol. The molecule has 4 aromatic rings. The van der Waals surface area contributed by atoms with Crippen LogP contribution in [0.1, 0.15) is 64.9 Å². The van der Waals surface area contributed by atoms with Crippen molar-refractivity contribution in [2.75, 3.05) is 23.7 Å².